The van der Waals surface area contributed by atoms with Crippen LogP contribution in [0.5, 0.6) is 0 Å². The number of hydrogen-bond acceptors (Lipinski definition) is 2. The Morgan fingerprint density at radius 1 is 0.274 bits per heavy atom. The minimum atomic E-state index is 0.904. The first-order valence-corrected chi connectivity index (χ1v) is 25.0. The molecule has 0 fully saturated rings. The van der Waals surface area contributed by atoms with Crippen molar-refractivity contribution in [2.24, 2.45) is 0 Å². The van der Waals surface area contributed by atoms with Crippen molar-refractivity contribution < 1.29 is 4.42 Å². The zero-order valence-corrected chi connectivity index (χ0v) is 39.9. The highest BCUT2D eigenvalue weighted by molar-refractivity contribution is 6.11. The Morgan fingerprint density at radius 2 is 0.712 bits per heavy atom. The van der Waals surface area contributed by atoms with Gasteiger partial charge in [-0.25, -0.2) is 0 Å². The maximum absolute atomic E-state index is 6.45. The highest BCUT2D eigenvalue weighted by atomic mass is 16.3. The van der Waals surface area contributed by atoms with Crippen LogP contribution in [0.1, 0.15) is 0 Å². The van der Waals surface area contributed by atoms with Gasteiger partial charge in [-0.05, 0) is 128 Å². The fraction of sp³-hybridized carbons (Fsp3) is 0. The number of anilines is 3. The molecule has 0 saturated carbocycles. The van der Waals surface area contributed by atoms with Gasteiger partial charge in [0.1, 0.15) is 11.2 Å². The van der Waals surface area contributed by atoms with E-state index in [9.17, 15) is 0 Å². The molecule has 0 aliphatic rings. The van der Waals surface area contributed by atoms with Crippen molar-refractivity contribution in [1.82, 2.24) is 4.57 Å². The van der Waals surface area contributed by atoms with Gasteiger partial charge >= 0.3 is 0 Å². The topological polar surface area (TPSA) is 21.3 Å². The Morgan fingerprint density at radius 3 is 1.37 bits per heavy atom. The Hall–Kier alpha value is -9.70. The zero-order valence-electron chi connectivity index (χ0n) is 39.9. The lowest BCUT2D eigenvalue weighted by Gasteiger charge is -2.26. The van der Waals surface area contributed by atoms with Gasteiger partial charge < -0.3 is 13.9 Å². The van der Waals surface area contributed by atoms with Gasteiger partial charge in [0.15, 0.2) is 0 Å². The van der Waals surface area contributed by atoms with E-state index in [4.69, 9.17) is 4.42 Å². The summed E-state index contributed by atoms with van der Waals surface area (Å²) in [6.07, 6.45) is 0. The van der Waals surface area contributed by atoms with Gasteiger partial charge in [-0.1, -0.05) is 206 Å². The van der Waals surface area contributed by atoms with E-state index in [1.807, 2.05) is 12.1 Å². The molecule has 0 aliphatic carbocycles. The summed E-state index contributed by atoms with van der Waals surface area (Å²) in [5.41, 5.74) is 20.2. The molecule has 14 rings (SSSR count). The summed E-state index contributed by atoms with van der Waals surface area (Å²) in [6, 6.07) is 101. The summed E-state index contributed by atoms with van der Waals surface area (Å²) in [4.78, 5) is 2.36. The SMILES string of the molecule is c1cc(-c2ccc(N(c3ccc(-c4cccc(-c5cccc6c5oc5ccccc56)c4)cc3)c3ccc(-c4cccc5ccccc45)cc3)cc2)cc(-c2ccccc2-n2c3ccccc3c3ccccc32)c1. The third-order valence-electron chi connectivity index (χ3n) is 14.6. The fourth-order valence-corrected chi connectivity index (χ4v) is 11.1. The predicted molar refractivity (Wildman–Crippen MR) is 307 cm³/mol. The van der Waals surface area contributed by atoms with Crippen molar-refractivity contribution >= 4 is 71.6 Å². The first-order chi connectivity index (χ1) is 36.2. The van der Waals surface area contributed by atoms with Gasteiger partial charge in [0, 0.05) is 49.7 Å². The molecule has 2 aromatic heterocycles. The van der Waals surface area contributed by atoms with Crippen LogP contribution in [0.15, 0.2) is 283 Å². The molecule has 0 aliphatic heterocycles. The molecule has 12 aromatic carbocycles. The fourth-order valence-electron chi connectivity index (χ4n) is 11.1. The van der Waals surface area contributed by atoms with Crippen molar-refractivity contribution in [1.29, 1.82) is 0 Å². The molecule has 14 aromatic rings. The maximum atomic E-state index is 6.45. The summed E-state index contributed by atoms with van der Waals surface area (Å²) >= 11 is 0. The van der Waals surface area contributed by atoms with Gasteiger partial charge in [-0.15, -0.1) is 0 Å². The largest absolute Gasteiger partial charge is 0.455 e. The van der Waals surface area contributed by atoms with Crippen LogP contribution in [0.4, 0.5) is 17.1 Å². The van der Waals surface area contributed by atoms with Crippen molar-refractivity contribution in [2.75, 3.05) is 4.90 Å². The normalized spacial score (nSPS) is 11.6. The predicted octanol–water partition coefficient (Wildman–Crippen LogP) is 19.6. The van der Waals surface area contributed by atoms with Crippen molar-refractivity contribution in [2.45, 2.75) is 0 Å². The van der Waals surface area contributed by atoms with Gasteiger partial charge in [0.2, 0.25) is 0 Å². The number of rotatable bonds is 9. The average molecular weight is 931 g/mol. The standard InChI is InChI=1S/C70H46N2O/c1-2-21-58-49(15-1)16-13-26-59(58)50-37-43-57(44-38-50)71(56-41-35-48(36-42-56)52-18-12-20-54(46-52)61-27-14-28-65-64-25-6-10-32-69(64)73-70(61)65)55-39-33-47(34-40-55)51-17-11-19-53(45-51)60-22-3-7-29-66(60)72-67-30-8-4-23-62(67)63-24-5-9-31-68(63)72/h1-46H. The number of furan rings is 1. The highest BCUT2D eigenvalue weighted by Crippen LogP contribution is 2.42. The van der Waals surface area contributed by atoms with Crippen LogP contribution in [-0.2, 0) is 0 Å². The molecule has 73 heavy (non-hydrogen) atoms. The van der Waals surface area contributed by atoms with E-state index in [1.54, 1.807) is 0 Å². The average Bonchev–Trinajstić information content (AvgIpc) is 4.02. The zero-order chi connectivity index (χ0) is 48.2. The number of para-hydroxylation sites is 5. The van der Waals surface area contributed by atoms with Gasteiger partial charge in [-0.2, -0.15) is 0 Å². The van der Waals surface area contributed by atoms with E-state index in [1.165, 1.54) is 54.8 Å². The molecule has 0 bridgehead atoms. The minimum Gasteiger partial charge on any atom is -0.455 e. The molecule has 3 heteroatoms. The number of fused-ring (bicyclic) bond motifs is 7. The minimum absolute atomic E-state index is 0.904. The molecule has 0 spiro atoms. The lowest BCUT2D eigenvalue weighted by Crippen LogP contribution is -2.09. The summed E-state index contributed by atoms with van der Waals surface area (Å²) in [7, 11) is 0. The Balaban J connectivity index is 0.821. The smallest absolute Gasteiger partial charge is 0.143 e. The van der Waals surface area contributed by atoms with Crippen LogP contribution in [0.25, 0.3) is 116 Å². The lowest BCUT2D eigenvalue weighted by molar-refractivity contribution is 0.670. The molecule has 0 saturated heterocycles. The molecule has 0 N–H and O–H groups in total. The second-order valence-corrected chi connectivity index (χ2v) is 18.8. The molecular formula is C70H46N2O. The first kappa shape index (κ1) is 42.2. The molecule has 0 radical (unpaired) electrons. The monoisotopic (exact) mass is 930 g/mol. The first-order valence-electron chi connectivity index (χ1n) is 25.0. The van der Waals surface area contributed by atoms with Crippen LogP contribution in [0, 0.1) is 0 Å². The number of nitrogens with zero attached hydrogens (tertiary/aromatic N) is 2. The molecule has 342 valence electrons. The molecular weight excluding hydrogens is 885 g/mol. The van der Waals surface area contributed by atoms with Crippen LogP contribution in [0.2, 0.25) is 0 Å². The van der Waals surface area contributed by atoms with E-state index >= 15 is 0 Å². The van der Waals surface area contributed by atoms with Crippen molar-refractivity contribution in [3.63, 3.8) is 0 Å². The molecule has 0 unspecified atom stereocenters. The summed E-state index contributed by atoms with van der Waals surface area (Å²) in [5, 5.41) is 7.26. The van der Waals surface area contributed by atoms with E-state index in [0.717, 1.165) is 78.1 Å². The Kier molecular flexibility index (Phi) is 10.2. The van der Waals surface area contributed by atoms with Gasteiger partial charge in [0.25, 0.3) is 0 Å². The number of hydrogen-bond donors (Lipinski definition) is 0. The van der Waals surface area contributed by atoms with Crippen LogP contribution in [0.3, 0.4) is 0 Å². The second-order valence-electron chi connectivity index (χ2n) is 18.8. The highest BCUT2D eigenvalue weighted by Gasteiger charge is 2.18. The molecule has 2 heterocycles. The third kappa shape index (κ3) is 7.37. The van der Waals surface area contributed by atoms with E-state index in [0.29, 0.717) is 0 Å². The molecule has 0 amide bonds. The lowest BCUT2D eigenvalue weighted by atomic mass is 9.97. The summed E-state index contributed by atoms with van der Waals surface area (Å²) in [5.74, 6) is 0. The van der Waals surface area contributed by atoms with E-state index in [2.05, 4.69) is 276 Å². The van der Waals surface area contributed by atoms with Crippen LogP contribution >= 0.6 is 0 Å². The van der Waals surface area contributed by atoms with E-state index < -0.39 is 0 Å². The van der Waals surface area contributed by atoms with Crippen LogP contribution in [-0.4, -0.2) is 4.57 Å². The van der Waals surface area contributed by atoms with Gasteiger partial charge in [-0.3, -0.25) is 0 Å². The number of aromatic nitrogens is 1. The maximum Gasteiger partial charge on any atom is 0.143 e. The van der Waals surface area contributed by atoms with E-state index in [-0.39, 0.29) is 0 Å². The third-order valence-corrected chi connectivity index (χ3v) is 14.6. The quantitative estimate of drug-likeness (QED) is 0.144. The number of benzene rings is 12. The molecule has 3 nitrogen and oxygen atoms in total. The summed E-state index contributed by atoms with van der Waals surface area (Å²) in [6.45, 7) is 0. The summed E-state index contributed by atoms with van der Waals surface area (Å²) < 4.78 is 8.87. The van der Waals surface area contributed by atoms with Crippen molar-refractivity contribution in [3.05, 3.63) is 279 Å². The second kappa shape index (κ2) is 17.6. The van der Waals surface area contributed by atoms with Crippen LogP contribution < -0.4 is 4.90 Å². The Labute approximate surface area is 423 Å². The molecule has 0 atom stereocenters. The van der Waals surface area contributed by atoms with Gasteiger partial charge in [0.05, 0.1) is 16.7 Å². The Bertz CT molecular complexity index is 4310. The van der Waals surface area contributed by atoms with Crippen molar-refractivity contribution in [3.8, 4) is 61.3 Å².